The second-order valence-corrected chi connectivity index (χ2v) is 6.81. The molecule has 0 radical (unpaired) electrons. The fourth-order valence-electron chi connectivity index (χ4n) is 3.44. The Labute approximate surface area is 132 Å². The zero-order valence-electron chi connectivity index (χ0n) is 13.8. The fraction of sp³-hybridized carbons (Fsp3) is 0.611. The Hall–Kier alpha value is -1.55. The molecule has 1 amide bonds. The van der Waals surface area contributed by atoms with Crippen LogP contribution in [0.2, 0.25) is 0 Å². The number of ether oxygens (including phenoxy) is 1. The highest BCUT2D eigenvalue weighted by Crippen LogP contribution is 2.38. The van der Waals surface area contributed by atoms with Crippen molar-refractivity contribution in [3.05, 3.63) is 23.8 Å². The Bertz CT molecular complexity index is 562. The first-order chi connectivity index (χ1) is 10.5. The number of hydrogen-bond acceptors (Lipinski definition) is 3. The van der Waals surface area contributed by atoms with E-state index in [2.05, 4.69) is 17.4 Å². The van der Waals surface area contributed by atoms with Crippen molar-refractivity contribution in [1.29, 1.82) is 0 Å². The van der Waals surface area contributed by atoms with Crippen molar-refractivity contribution in [2.45, 2.75) is 58.1 Å². The van der Waals surface area contributed by atoms with E-state index in [4.69, 9.17) is 4.74 Å². The number of amides is 1. The maximum atomic E-state index is 12.5. The van der Waals surface area contributed by atoms with Crippen LogP contribution in [-0.2, 0) is 11.2 Å². The van der Waals surface area contributed by atoms with E-state index < -0.39 is 5.60 Å². The molecule has 0 bridgehead atoms. The molecule has 2 aliphatic rings. The predicted molar refractivity (Wildman–Crippen MR) is 88.5 cm³/mol. The summed E-state index contributed by atoms with van der Waals surface area (Å²) in [6.45, 7) is 7.47. The van der Waals surface area contributed by atoms with Gasteiger partial charge in [0.15, 0.2) is 5.60 Å². The van der Waals surface area contributed by atoms with Crippen LogP contribution in [0.4, 0.5) is 5.69 Å². The van der Waals surface area contributed by atoms with E-state index in [1.807, 2.05) is 31.7 Å². The van der Waals surface area contributed by atoms with Gasteiger partial charge in [0.25, 0.3) is 5.91 Å². The van der Waals surface area contributed by atoms with Gasteiger partial charge >= 0.3 is 0 Å². The molecule has 4 nitrogen and oxygen atoms in total. The Morgan fingerprint density at radius 2 is 2.18 bits per heavy atom. The van der Waals surface area contributed by atoms with Crippen LogP contribution < -0.4 is 15.0 Å². The maximum absolute atomic E-state index is 12.5. The molecule has 22 heavy (non-hydrogen) atoms. The molecule has 1 saturated heterocycles. The summed E-state index contributed by atoms with van der Waals surface area (Å²) in [4.78, 5) is 14.4. The van der Waals surface area contributed by atoms with E-state index in [9.17, 15) is 4.79 Å². The standard InChI is InChI=1S/C18H26N2O2/c1-4-20-15-12-13(11-14-7-5-6-10-19-14)8-9-16(15)22-18(2,3)17(20)21/h8-9,12,14,19H,4-7,10-11H2,1-3H3. The number of carbonyl (C=O) groups excluding carboxylic acids is 1. The van der Waals surface area contributed by atoms with Gasteiger partial charge in [0.1, 0.15) is 5.75 Å². The summed E-state index contributed by atoms with van der Waals surface area (Å²) in [7, 11) is 0. The molecule has 120 valence electrons. The van der Waals surface area contributed by atoms with E-state index in [0.717, 1.165) is 24.4 Å². The summed E-state index contributed by atoms with van der Waals surface area (Å²) < 4.78 is 5.90. The smallest absolute Gasteiger partial charge is 0.270 e. The number of piperidine rings is 1. The van der Waals surface area contributed by atoms with Crippen LogP contribution in [0, 0.1) is 0 Å². The number of anilines is 1. The molecular weight excluding hydrogens is 276 g/mol. The van der Waals surface area contributed by atoms with Gasteiger partial charge in [0, 0.05) is 12.6 Å². The minimum Gasteiger partial charge on any atom is -0.476 e. The molecule has 1 atom stereocenters. The van der Waals surface area contributed by atoms with Crippen LogP contribution in [0.25, 0.3) is 0 Å². The van der Waals surface area contributed by atoms with E-state index >= 15 is 0 Å². The van der Waals surface area contributed by atoms with Gasteiger partial charge in [0.2, 0.25) is 0 Å². The van der Waals surface area contributed by atoms with Crippen LogP contribution >= 0.6 is 0 Å². The van der Waals surface area contributed by atoms with Gasteiger partial charge in [-0.05, 0) is 64.3 Å². The highest BCUT2D eigenvalue weighted by atomic mass is 16.5. The molecule has 2 heterocycles. The molecule has 0 aliphatic carbocycles. The molecule has 0 aromatic heterocycles. The third kappa shape index (κ3) is 2.84. The Morgan fingerprint density at radius 1 is 1.36 bits per heavy atom. The second kappa shape index (κ2) is 5.92. The minimum absolute atomic E-state index is 0.0374. The molecule has 0 spiro atoms. The van der Waals surface area contributed by atoms with Gasteiger partial charge in [-0.2, -0.15) is 0 Å². The summed E-state index contributed by atoms with van der Waals surface area (Å²) in [5.74, 6) is 0.849. The summed E-state index contributed by atoms with van der Waals surface area (Å²) in [6, 6.07) is 6.83. The van der Waals surface area contributed by atoms with Crippen molar-refractivity contribution in [3.63, 3.8) is 0 Å². The van der Waals surface area contributed by atoms with Crippen LogP contribution in [0.15, 0.2) is 18.2 Å². The topological polar surface area (TPSA) is 41.6 Å². The van der Waals surface area contributed by atoms with E-state index in [0.29, 0.717) is 12.6 Å². The Kier molecular flexibility index (Phi) is 4.13. The summed E-state index contributed by atoms with van der Waals surface area (Å²) in [6.07, 6.45) is 4.83. The lowest BCUT2D eigenvalue weighted by atomic mass is 9.96. The lowest BCUT2D eigenvalue weighted by molar-refractivity contribution is -0.132. The lowest BCUT2D eigenvalue weighted by Crippen LogP contribution is -2.52. The number of fused-ring (bicyclic) bond motifs is 1. The molecule has 1 fully saturated rings. The predicted octanol–water partition coefficient (Wildman–Crippen LogP) is 2.90. The number of hydrogen-bond donors (Lipinski definition) is 1. The zero-order valence-corrected chi connectivity index (χ0v) is 13.8. The largest absolute Gasteiger partial charge is 0.476 e. The number of rotatable bonds is 3. The van der Waals surface area contributed by atoms with Crippen molar-refractivity contribution in [3.8, 4) is 5.75 Å². The summed E-state index contributed by atoms with van der Waals surface area (Å²) in [5, 5.41) is 3.58. The molecule has 1 aromatic rings. The zero-order chi connectivity index (χ0) is 15.7. The van der Waals surface area contributed by atoms with Crippen molar-refractivity contribution in [1.82, 2.24) is 5.32 Å². The average molecular weight is 302 g/mol. The highest BCUT2D eigenvalue weighted by molar-refractivity contribution is 6.02. The van der Waals surface area contributed by atoms with Crippen molar-refractivity contribution in [2.24, 2.45) is 0 Å². The van der Waals surface area contributed by atoms with Crippen molar-refractivity contribution < 1.29 is 9.53 Å². The van der Waals surface area contributed by atoms with Crippen LogP contribution in [0.5, 0.6) is 5.75 Å². The second-order valence-electron chi connectivity index (χ2n) is 6.81. The monoisotopic (exact) mass is 302 g/mol. The van der Waals surface area contributed by atoms with Gasteiger partial charge in [-0.3, -0.25) is 4.79 Å². The number of likely N-dealkylation sites (N-methyl/N-ethyl adjacent to an activating group) is 1. The normalized spacial score (nSPS) is 23.9. The molecule has 2 aliphatic heterocycles. The number of benzene rings is 1. The third-order valence-electron chi connectivity index (χ3n) is 4.65. The quantitative estimate of drug-likeness (QED) is 0.933. The van der Waals surface area contributed by atoms with E-state index in [1.165, 1.54) is 24.8 Å². The van der Waals surface area contributed by atoms with Crippen LogP contribution in [-0.4, -0.2) is 30.6 Å². The Morgan fingerprint density at radius 3 is 2.86 bits per heavy atom. The molecule has 1 unspecified atom stereocenters. The van der Waals surface area contributed by atoms with Crippen LogP contribution in [0.3, 0.4) is 0 Å². The molecular formula is C18H26N2O2. The number of nitrogens with one attached hydrogen (secondary N) is 1. The van der Waals surface area contributed by atoms with Gasteiger partial charge in [-0.1, -0.05) is 12.5 Å². The average Bonchev–Trinajstić information content (AvgIpc) is 2.50. The highest BCUT2D eigenvalue weighted by Gasteiger charge is 2.40. The summed E-state index contributed by atoms with van der Waals surface area (Å²) >= 11 is 0. The van der Waals surface area contributed by atoms with Crippen molar-refractivity contribution >= 4 is 11.6 Å². The first-order valence-electron chi connectivity index (χ1n) is 8.38. The first kappa shape index (κ1) is 15.3. The molecule has 0 saturated carbocycles. The summed E-state index contributed by atoms with van der Waals surface area (Å²) in [5.41, 5.74) is 1.41. The Balaban J connectivity index is 1.86. The third-order valence-corrected chi connectivity index (χ3v) is 4.65. The number of carbonyl (C=O) groups is 1. The fourth-order valence-corrected chi connectivity index (χ4v) is 3.44. The van der Waals surface area contributed by atoms with Crippen molar-refractivity contribution in [2.75, 3.05) is 18.0 Å². The SMILES string of the molecule is CCN1C(=O)C(C)(C)Oc2ccc(CC3CCCCN3)cc21. The lowest BCUT2D eigenvalue weighted by Gasteiger charge is -2.38. The minimum atomic E-state index is -0.782. The first-order valence-corrected chi connectivity index (χ1v) is 8.38. The van der Waals surface area contributed by atoms with Gasteiger partial charge < -0.3 is 15.0 Å². The maximum Gasteiger partial charge on any atom is 0.270 e. The number of nitrogens with zero attached hydrogens (tertiary/aromatic N) is 1. The molecule has 1 N–H and O–H groups in total. The van der Waals surface area contributed by atoms with Gasteiger partial charge in [-0.15, -0.1) is 0 Å². The molecule has 4 heteroatoms. The van der Waals surface area contributed by atoms with E-state index in [1.54, 1.807) is 0 Å². The van der Waals surface area contributed by atoms with Crippen LogP contribution in [0.1, 0.15) is 45.6 Å². The molecule has 3 rings (SSSR count). The molecule has 1 aromatic carbocycles. The van der Waals surface area contributed by atoms with E-state index in [-0.39, 0.29) is 5.91 Å². The van der Waals surface area contributed by atoms with Gasteiger partial charge in [0.05, 0.1) is 5.69 Å². The van der Waals surface area contributed by atoms with Gasteiger partial charge in [-0.25, -0.2) is 0 Å².